The maximum atomic E-state index is 12.0. The molecule has 1 N–H and O–H groups in total. The van der Waals surface area contributed by atoms with Crippen molar-refractivity contribution in [2.24, 2.45) is 0 Å². The van der Waals surface area contributed by atoms with Crippen LogP contribution in [-0.2, 0) is 14.6 Å². The minimum absolute atomic E-state index is 0.0860. The molecule has 0 saturated heterocycles. The molecule has 0 bridgehead atoms. The summed E-state index contributed by atoms with van der Waals surface area (Å²) in [6.07, 6.45) is 0.551. The van der Waals surface area contributed by atoms with E-state index >= 15 is 0 Å². The lowest BCUT2D eigenvalue weighted by Crippen LogP contribution is -2.13. The van der Waals surface area contributed by atoms with Gasteiger partial charge in [-0.3, -0.25) is 4.79 Å². The van der Waals surface area contributed by atoms with Crippen molar-refractivity contribution in [2.75, 3.05) is 11.1 Å². The molecule has 4 nitrogen and oxygen atoms in total. The highest BCUT2D eigenvalue weighted by molar-refractivity contribution is 7.91. The van der Waals surface area contributed by atoms with Crippen molar-refractivity contribution >= 4 is 21.4 Å². The first-order chi connectivity index (χ1) is 7.86. The van der Waals surface area contributed by atoms with E-state index in [1.54, 1.807) is 18.2 Å². The molecule has 1 aromatic rings. The summed E-state index contributed by atoms with van der Waals surface area (Å²) >= 11 is 0. The number of hydrogen-bond acceptors (Lipinski definition) is 3. The second kappa shape index (κ2) is 5.31. The smallest absolute Gasteiger partial charge is 0.221 e. The third-order valence-corrected chi connectivity index (χ3v) is 4.23. The molecule has 0 aliphatic rings. The Kier molecular flexibility index (Phi) is 4.28. The Balaban J connectivity index is 3.28. The molecule has 0 unspecified atom stereocenters. The Labute approximate surface area is 102 Å². The van der Waals surface area contributed by atoms with Gasteiger partial charge in [0.25, 0.3) is 0 Å². The summed E-state index contributed by atoms with van der Waals surface area (Å²) in [5.74, 6) is -0.189. The number of sulfone groups is 1. The summed E-state index contributed by atoms with van der Waals surface area (Å²) in [4.78, 5) is 11.3. The third kappa shape index (κ3) is 3.56. The van der Waals surface area contributed by atoms with Crippen LogP contribution in [0.2, 0.25) is 0 Å². The lowest BCUT2D eigenvalue weighted by atomic mass is 10.2. The van der Waals surface area contributed by atoms with E-state index in [1.165, 1.54) is 6.92 Å². The Bertz CT molecular complexity index is 521. The van der Waals surface area contributed by atoms with Crippen LogP contribution in [-0.4, -0.2) is 20.1 Å². The lowest BCUT2D eigenvalue weighted by molar-refractivity contribution is -0.114. The Morgan fingerprint density at radius 3 is 2.53 bits per heavy atom. The number of amides is 1. The molecule has 0 atom stereocenters. The summed E-state index contributed by atoms with van der Waals surface area (Å²) < 4.78 is 24.0. The van der Waals surface area contributed by atoms with Gasteiger partial charge in [0.05, 0.1) is 16.3 Å². The van der Waals surface area contributed by atoms with Gasteiger partial charge in [-0.1, -0.05) is 13.0 Å². The quantitative estimate of drug-likeness (QED) is 0.896. The van der Waals surface area contributed by atoms with Crippen LogP contribution in [0.5, 0.6) is 0 Å². The predicted octanol–water partition coefficient (Wildman–Crippen LogP) is 2.14. The molecule has 1 rings (SSSR count). The average molecular weight is 255 g/mol. The Morgan fingerprint density at radius 1 is 1.35 bits per heavy atom. The highest BCUT2D eigenvalue weighted by atomic mass is 32.2. The zero-order chi connectivity index (χ0) is 13.1. The van der Waals surface area contributed by atoms with Gasteiger partial charge < -0.3 is 5.32 Å². The molecule has 0 aliphatic heterocycles. The maximum absolute atomic E-state index is 12.0. The standard InChI is InChI=1S/C12H17NO3S/c1-4-7-17(15,16)12-6-5-9(2)8-11(12)13-10(3)14/h5-6,8H,4,7H2,1-3H3,(H,13,14). The van der Waals surface area contributed by atoms with Gasteiger partial charge in [0, 0.05) is 6.92 Å². The minimum atomic E-state index is -3.32. The van der Waals surface area contributed by atoms with Crippen LogP contribution in [0.4, 0.5) is 5.69 Å². The van der Waals surface area contributed by atoms with Crippen LogP contribution < -0.4 is 5.32 Å². The van der Waals surface area contributed by atoms with Crippen molar-refractivity contribution in [1.82, 2.24) is 0 Å². The molecule has 0 saturated carbocycles. The normalized spacial score (nSPS) is 11.2. The van der Waals surface area contributed by atoms with Gasteiger partial charge in [0.15, 0.2) is 9.84 Å². The zero-order valence-corrected chi connectivity index (χ0v) is 11.1. The summed E-state index contributed by atoms with van der Waals surface area (Å²) in [6.45, 7) is 5.02. The van der Waals surface area contributed by atoms with Gasteiger partial charge >= 0.3 is 0 Å². The molecule has 94 valence electrons. The summed E-state index contributed by atoms with van der Waals surface area (Å²) in [7, 11) is -3.32. The topological polar surface area (TPSA) is 63.2 Å². The molecular formula is C12H17NO3S. The fourth-order valence-corrected chi connectivity index (χ4v) is 3.06. The van der Waals surface area contributed by atoms with E-state index in [2.05, 4.69) is 5.32 Å². The first-order valence-corrected chi connectivity index (χ1v) is 7.13. The second-order valence-corrected chi connectivity index (χ2v) is 6.08. The van der Waals surface area contributed by atoms with E-state index in [9.17, 15) is 13.2 Å². The molecule has 5 heteroatoms. The average Bonchev–Trinajstić information content (AvgIpc) is 2.15. The minimum Gasteiger partial charge on any atom is -0.325 e. The van der Waals surface area contributed by atoms with Crippen molar-refractivity contribution in [3.63, 3.8) is 0 Å². The Morgan fingerprint density at radius 2 is 2.00 bits per heavy atom. The molecule has 0 aromatic heterocycles. The van der Waals surface area contributed by atoms with E-state index in [4.69, 9.17) is 0 Å². The monoisotopic (exact) mass is 255 g/mol. The largest absolute Gasteiger partial charge is 0.325 e. The molecule has 0 radical (unpaired) electrons. The number of anilines is 1. The number of carbonyl (C=O) groups excluding carboxylic acids is 1. The van der Waals surface area contributed by atoms with Crippen molar-refractivity contribution < 1.29 is 13.2 Å². The number of hydrogen-bond donors (Lipinski definition) is 1. The number of aryl methyl sites for hydroxylation is 1. The maximum Gasteiger partial charge on any atom is 0.221 e. The number of nitrogens with one attached hydrogen (secondary N) is 1. The number of benzene rings is 1. The Hall–Kier alpha value is -1.36. The second-order valence-electron chi connectivity index (χ2n) is 4.00. The van der Waals surface area contributed by atoms with E-state index in [0.717, 1.165) is 5.56 Å². The molecule has 0 fully saturated rings. The predicted molar refractivity (Wildman–Crippen MR) is 67.8 cm³/mol. The van der Waals surface area contributed by atoms with Gasteiger partial charge in [-0.25, -0.2) is 8.42 Å². The van der Waals surface area contributed by atoms with Gasteiger partial charge in [0.1, 0.15) is 0 Å². The molecular weight excluding hydrogens is 238 g/mol. The van der Waals surface area contributed by atoms with E-state index in [-0.39, 0.29) is 16.6 Å². The van der Waals surface area contributed by atoms with Gasteiger partial charge in [-0.05, 0) is 31.0 Å². The fourth-order valence-electron chi connectivity index (χ4n) is 1.58. The summed E-state index contributed by atoms with van der Waals surface area (Å²) in [5.41, 5.74) is 1.27. The van der Waals surface area contributed by atoms with Crippen LogP contribution in [0, 0.1) is 6.92 Å². The van der Waals surface area contributed by atoms with Gasteiger partial charge in [0.2, 0.25) is 5.91 Å². The fraction of sp³-hybridized carbons (Fsp3) is 0.417. The first-order valence-electron chi connectivity index (χ1n) is 5.48. The lowest BCUT2D eigenvalue weighted by Gasteiger charge is -2.11. The SMILES string of the molecule is CCCS(=O)(=O)c1ccc(C)cc1NC(C)=O. The summed E-state index contributed by atoms with van der Waals surface area (Å²) in [6, 6.07) is 4.95. The molecule has 0 aliphatic carbocycles. The highest BCUT2D eigenvalue weighted by Gasteiger charge is 2.18. The van der Waals surface area contributed by atoms with Crippen LogP contribution in [0.25, 0.3) is 0 Å². The highest BCUT2D eigenvalue weighted by Crippen LogP contribution is 2.24. The summed E-state index contributed by atoms with van der Waals surface area (Å²) in [5, 5.41) is 2.56. The van der Waals surface area contributed by atoms with E-state index in [1.807, 2.05) is 13.8 Å². The molecule has 0 spiro atoms. The molecule has 17 heavy (non-hydrogen) atoms. The third-order valence-electron chi connectivity index (χ3n) is 2.25. The van der Waals surface area contributed by atoms with Crippen LogP contribution >= 0.6 is 0 Å². The molecule has 1 amide bonds. The van der Waals surface area contributed by atoms with Gasteiger partial charge in [-0.15, -0.1) is 0 Å². The van der Waals surface area contributed by atoms with Crippen molar-refractivity contribution in [3.05, 3.63) is 23.8 Å². The van der Waals surface area contributed by atoms with Crippen molar-refractivity contribution in [3.8, 4) is 0 Å². The zero-order valence-electron chi connectivity index (χ0n) is 10.3. The van der Waals surface area contributed by atoms with Crippen molar-refractivity contribution in [2.45, 2.75) is 32.1 Å². The van der Waals surface area contributed by atoms with E-state index < -0.39 is 9.84 Å². The van der Waals surface area contributed by atoms with Crippen LogP contribution in [0.15, 0.2) is 23.1 Å². The first kappa shape index (κ1) is 13.7. The number of carbonyl (C=O) groups is 1. The van der Waals surface area contributed by atoms with E-state index in [0.29, 0.717) is 12.1 Å². The van der Waals surface area contributed by atoms with Crippen LogP contribution in [0.3, 0.4) is 0 Å². The van der Waals surface area contributed by atoms with Crippen LogP contribution in [0.1, 0.15) is 25.8 Å². The number of rotatable bonds is 4. The molecule has 0 heterocycles. The van der Waals surface area contributed by atoms with Gasteiger partial charge in [-0.2, -0.15) is 0 Å². The molecule has 1 aromatic carbocycles. The van der Waals surface area contributed by atoms with Crippen molar-refractivity contribution in [1.29, 1.82) is 0 Å².